The molecule has 0 unspecified atom stereocenters. The van der Waals surface area contributed by atoms with Crippen LogP contribution in [-0.4, -0.2) is 28.0 Å². The minimum Gasteiger partial charge on any atom is -0.377 e. The summed E-state index contributed by atoms with van der Waals surface area (Å²) in [5, 5.41) is 4.07. The highest BCUT2D eigenvalue weighted by Crippen LogP contribution is 2.15. The molecule has 1 aromatic rings. The smallest absolute Gasteiger partial charge is 0.217 e. The molecule has 54 valence electrons. The Morgan fingerprint density at radius 1 is 1.70 bits per heavy atom. The Balaban J connectivity index is 2.17. The molecule has 2 rings (SSSR count). The quantitative estimate of drug-likeness (QED) is 0.672. The van der Waals surface area contributed by atoms with Crippen molar-refractivity contribution in [3.63, 3.8) is 0 Å². The first-order valence-corrected chi connectivity index (χ1v) is 3.80. The number of aromatic nitrogens is 3. The summed E-state index contributed by atoms with van der Waals surface area (Å²) in [4.78, 5) is 3.93. The highest BCUT2D eigenvalue weighted by molar-refractivity contribution is 9.10. The molecule has 0 N–H and O–H groups in total. The summed E-state index contributed by atoms with van der Waals surface area (Å²) in [6.07, 6.45) is 1.71. The molecule has 1 aromatic heterocycles. The van der Waals surface area contributed by atoms with Gasteiger partial charge in [0.2, 0.25) is 4.73 Å². The molecule has 5 heteroatoms. The third-order valence-corrected chi connectivity index (χ3v) is 1.84. The lowest BCUT2D eigenvalue weighted by Crippen LogP contribution is -2.30. The van der Waals surface area contributed by atoms with Gasteiger partial charge in [-0.25, -0.2) is 9.67 Å². The van der Waals surface area contributed by atoms with E-state index in [4.69, 9.17) is 4.74 Å². The van der Waals surface area contributed by atoms with Crippen LogP contribution in [0.5, 0.6) is 0 Å². The number of halogens is 1. The summed E-state index contributed by atoms with van der Waals surface area (Å²) in [5.41, 5.74) is 0. The molecule has 0 aliphatic carbocycles. The summed E-state index contributed by atoms with van der Waals surface area (Å²) < 4.78 is 7.45. The molecule has 0 saturated carbocycles. The van der Waals surface area contributed by atoms with Gasteiger partial charge in [0.1, 0.15) is 12.4 Å². The predicted molar refractivity (Wildman–Crippen MR) is 37.6 cm³/mol. The van der Waals surface area contributed by atoms with E-state index < -0.39 is 0 Å². The second-order valence-corrected chi connectivity index (χ2v) is 2.89. The van der Waals surface area contributed by atoms with Crippen molar-refractivity contribution in [1.29, 1.82) is 0 Å². The predicted octanol–water partition coefficient (Wildman–Crippen LogP) is 0.612. The van der Waals surface area contributed by atoms with E-state index in [1.165, 1.54) is 0 Å². The first-order valence-electron chi connectivity index (χ1n) is 3.00. The van der Waals surface area contributed by atoms with Crippen LogP contribution in [0.3, 0.4) is 0 Å². The van der Waals surface area contributed by atoms with Crippen molar-refractivity contribution in [3.05, 3.63) is 11.1 Å². The van der Waals surface area contributed by atoms with E-state index in [-0.39, 0.29) is 0 Å². The topological polar surface area (TPSA) is 39.9 Å². The van der Waals surface area contributed by atoms with Crippen molar-refractivity contribution >= 4 is 15.9 Å². The molecule has 4 nitrogen and oxygen atoms in total. The van der Waals surface area contributed by atoms with Crippen molar-refractivity contribution in [3.8, 4) is 0 Å². The molecule has 0 radical (unpaired) electrons. The molecular formula is C5H6BrN3O. The summed E-state index contributed by atoms with van der Waals surface area (Å²) in [7, 11) is 0. The number of rotatable bonds is 1. The molecule has 0 atom stereocenters. The van der Waals surface area contributed by atoms with E-state index >= 15 is 0 Å². The molecule has 1 saturated heterocycles. The van der Waals surface area contributed by atoms with Gasteiger partial charge < -0.3 is 4.74 Å². The van der Waals surface area contributed by atoms with Crippen LogP contribution < -0.4 is 0 Å². The maximum Gasteiger partial charge on any atom is 0.217 e. The first-order chi connectivity index (χ1) is 4.86. The first kappa shape index (κ1) is 6.30. The van der Waals surface area contributed by atoms with Crippen LogP contribution in [0, 0.1) is 0 Å². The maximum atomic E-state index is 4.99. The van der Waals surface area contributed by atoms with E-state index in [9.17, 15) is 0 Å². The van der Waals surface area contributed by atoms with E-state index in [1.807, 2.05) is 4.68 Å². The third kappa shape index (κ3) is 0.951. The molecule has 10 heavy (non-hydrogen) atoms. The number of nitrogens with zero attached hydrogens (tertiary/aromatic N) is 3. The van der Waals surface area contributed by atoms with Crippen LogP contribution in [0.4, 0.5) is 0 Å². The lowest BCUT2D eigenvalue weighted by atomic mass is 10.3. The standard InChI is InChI=1S/C5H6BrN3O/c6-5-7-3-9(8-5)4-1-10-2-4/h3-4H,1-2H2. The van der Waals surface area contributed by atoms with Gasteiger partial charge in [-0.2, -0.15) is 0 Å². The zero-order chi connectivity index (χ0) is 6.97. The Labute approximate surface area is 66.3 Å². The van der Waals surface area contributed by atoms with E-state index in [2.05, 4.69) is 26.0 Å². The SMILES string of the molecule is Brc1ncn(C2COC2)n1. The Morgan fingerprint density at radius 3 is 2.90 bits per heavy atom. The van der Waals surface area contributed by atoms with Crippen molar-refractivity contribution in [2.24, 2.45) is 0 Å². The van der Waals surface area contributed by atoms with Crippen molar-refractivity contribution in [2.45, 2.75) is 6.04 Å². The lowest BCUT2D eigenvalue weighted by Gasteiger charge is -2.25. The van der Waals surface area contributed by atoms with Gasteiger partial charge in [0.15, 0.2) is 0 Å². The summed E-state index contributed by atoms with van der Waals surface area (Å²) in [5.74, 6) is 0. The molecular weight excluding hydrogens is 198 g/mol. The minimum atomic E-state index is 0.402. The fourth-order valence-electron chi connectivity index (χ4n) is 0.806. The summed E-state index contributed by atoms with van der Waals surface area (Å²) in [6, 6.07) is 0.402. The number of hydrogen-bond donors (Lipinski definition) is 0. The fraction of sp³-hybridized carbons (Fsp3) is 0.600. The average molecular weight is 204 g/mol. The Bertz CT molecular complexity index is 233. The van der Waals surface area contributed by atoms with Gasteiger partial charge in [-0.3, -0.25) is 0 Å². The van der Waals surface area contributed by atoms with Crippen LogP contribution in [0.25, 0.3) is 0 Å². The van der Waals surface area contributed by atoms with Gasteiger partial charge in [-0.05, 0) is 15.9 Å². The normalized spacial score (nSPS) is 18.9. The van der Waals surface area contributed by atoms with Crippen molar-refractivity contribution in [2.75, 3.05) is 13.2 Å². The molecule has 1 fully saturated rings. The third-order valence-electron chi connectivity index (χ3n) is 1.48. The highest BCUT2D eigenvalue weighted by Gasteiger charge is 2.20. The lowest BCUT2D eigenvalue weighted by molar-refractivity contribution is -0.0289. The summed E-state index contributed by atoms with van der Waals surface area (Å²) in [6.45, 7) is 1.52. The fourth-order valence-corrected chi connectivity index (χ4v) is 1.08. The van der Waals surface area contributed by atoms with Crippen LogP contribution >= 0.6 is 15.9 Å². The Hall–Kier alpha value is -0.420. The molecule has 0 aromatic carbocycles. The van der Waals surface area contributed by atoms with Crippen molar-refractivity contribution < 1.29 is 4.74 Å². The van der Waals surface area contributed by atoms with E-state index in [0.29, 0.717) is 10.8 Å². The van der Waals surface area contributed by atoms with Gasteiger partial charge in [-0.1, -0.05) is 0 Å². The summed E-state index contributed by atoms with van der Waals surface area (Å²) >= 11 is 3.17. The average Bonchev–Trinajstić information content (AvgIpc) is 2.10. The van der Waals surface area contributed by atoms with Crippen LogP contribution in [-0.2, 0) is 4.74 Å². The molecule has 0 bridgehead atoms. The van der Waals surface area contributed by atoms with Gasteiger partial charge in [0, 0.05) is 0 Å². The second-order valence-electron chi connectivity index (χ2n) is 2.18. The van der Waals surface area contributed by atoms with Gasteiger partial charge in [0.25, 0.3) is 0 Å². The molecule has 0 amide bonds. The number of hydrogen-bond acceptors (Lipinski definition) is 3. The van der Waals surface area contributed by atoms with Gasteiger partial charge in [-0.15, -0.1) is 5.10 Å². The van der Waals surface area contributed by atoms with Crippen molar-refractivity contribution in [1.82, 2.24) is 14.8 Å². The van der Waals surface area contributed by atoms with Crippen LogP contribution in [0.15, 0.2) is 11.1 Å². The molecule has 0 spiro atoms. The van der Waals surface area contributed by atoms with Gasteiger partial charge >= 0.3 is 0 Å². The Morgan fingerprint density at radius 2 is 2.50 bits per heavy atom. The molecule has 1 aliphatic rings. The molecule has 1 aliphatic heterocycles. The maximum absolute atomic E-state index is 4.99. The molecule has 2 heterocycles. The second kappa shape index (κ2) is 2.32. The van der Waals surface area contributed by atoms with Crippen LogP contribution in [0.1, 0.15) is 6.04 Å². The van der Waals surface area contributed by atoms with Crippen LogP contribution in [0.2, 0.25) is 0 Å². The zero-order valence-corrected chi connectivity index (χ0v) is 6.78. The van der Waals surface area contributed by atoms with E-state index in [1.54, 1.807) is 6.33 Å². The number of ether oxygens (including phenoxy) is 1. The monoisotopic (exact) mass is 203 g/mol. The van der Waals surface area contributed by atoms with Gasteiger partial charge in [0.05, 0.1) is 13.2 Å². The Kier molecular flexibility index (Phi) is 1.46. The minimum absolute atomic E-state index is 0.402. The largest absolute Gasteiger partial charge is 0.377 e. The highest BCUT2D eigenvalue weighted by atomic mass is 79.9. The van der Waals surface area contributed by atoms with E-state index in [0.717, 1.165) is 13.2 Å². The zero-order valence-electron chi connectivity index (χ0n) is 5.20.